The summed E-state index contributed by atoms with van der Waals surface area (Å²) in [6.45, 7) is 8.20. The van der Waals surface area contributed by atoms with Crippen LogP contribution in [-0.4, -0.2) is 67.7 Å². The number of halogens is 1. The lowest BCUT2D eigenvalue weighted by Gasteiger charge is -2.27. The lowest BCUT2D eigenvalue weighted by Crippen LogP contribution is -2.41. The summed E-state index contributed by atoms with van der Waals surface area (Å²) in [6, 6.07) is 3.65. The fourth-order valence-corrected chi connectivity index (χ4v) is 3.58. The number of aliphatic hydroxyl groups is 1. The Bertz CT molecular complexity index is 1150. The number of nitrogens with zero attached hydrogens (tertiary/aromatic N) is 7. The van der Waals surface area contributed by atoms with E-state index in [0.29, 0.717) is 17.0 Å². The molecule has 11 heteroatoms. The van der Waals surface area contributed by atoms with Crippen LogP contribution in [0.25, 0.3) is 16.9 Å². The number of aliphatic hydroxyl groups excluding tert-OH is 1. The van der Waals surface area contributed by atoms with E-state index in [1.165, 1.54) is 12.4 Å². The number of aryl methyl sites for hydroxylation is 1. The van der Waals surface area contributed by atoms with Gasteiger partial charge in [0.2, 0.25) is 6.36 Å². The number of ether oxygens (including phenoxy) is 1. The summed E-state index contributed by atoms with van der Waals surface area (Å²) in [4.78, 5) is 12.6. The van der Waals surface area contributed by atoms with Crippen molar-refractivity contribution in [3.8, 4) is 11.3 Å². The molecule has 1 aliphatic heterocycles. The van der Waals surface area contributed by atoms with Gasteiger partial charge in [-0.05, 0) is 19.1 Å². The van der Waals surface area contributed by atoms with Crippen LogP contribution in [0.4, 0.5) is 4.39 Å². The third-order valence-corrected chi connectivity index (χ3v) is 7.95. The second kappa shape index (κ2) is 8.06. The van der Waals surface area contributed by atoms with Crippen LogP contribution in [0.3, 0.4) is 0 Å². The van der Waals surface area contributed by atoms with E-state index >= 15 is 0 Å². The molecule has 3 aromatic heterocycles. The molecule has 0 bridgehead atoms. The van der Waals surface area contributed by atoms with Gasteiger partial charge in [0.1, 0.15) is 6.10 Å². The van der Waals surface area contributed by atoms with Crippen LogP contribution in [0.15, 0.2) is 40.7 Å². The topological polar surface area (TPSA) is 102 Å². The largest absolute Gasteiger partial charge is 0.380 e. The van der Waals surface area contributed by atoms with E-state index in [0.717, 1.165) is 5.56 Å². The molecule has 0 radical (unpaired) electrons. The highest BCUT2D eigenvalue weighted by atomic mass is 28.3. The van der Waals surface area contributed by atoms with Crippen molar-refractivity contribution >= 4 is 25.6 Å². The molecule has 4 unspecified atom stereocenters. The zero-order valence-electron chi connectivity index (χ0n) is 18.1. The highest BCUT2D eigenvalue weighted by Crippen LogP contribution is 2.24. The molecule has 4 atom stereocenters. The molecule has 0 saturated carbocycles. The number of alkyl halides is 1. The molecular weight excluding hydrogens is 417 g/mol. The summed E-state index contributed by atoms with van der Waals surface area (Å²) < 4.78 is 23.4. The van der Waals surface area contributed by atoms with Crippen molar-refractivity contribution in [3.63, 3.8) is 0 Å². The summed E-state index contributed by atoms with van der Waals surface area (Å²) in [5.41, 5.74) is 2.57. The lowest BCUT2D eigenvalue weighted by molar-refractivity contribution is -0.0652. The summed E-state index contributed by atoms with van der Waals surface area (Å²) in [6.07, 6.45) is 2.63. The second-order valence-electron chi connectivity index (χ2n) is 8.72. The standard InChI is InChI=1S/C20H26FN7O2Si/c1-12(31(3,4)5)30-19(21)20-23-9-15(25-20)18(29)16-10-22-17-7-6-14(26-28(16)17)13-8-24-27(2)11-13/h6-12,18-20,29H,1-5H3. The Kier molecular flexibility index (Phi) is 5.58. The number of hydrogen-bond donors (Lipinski definition) is 1. The fourth-order valence-electron chi connectivity index (χ4n) is 3.05. The maximum atomic E-state index is 14.6. The Morgan fingerprint density at radius 2 is 2.00 bits per heavy atom. The van der Waals surface area contributed by atoms with Crippen LogP contribution in [0.5, 0.6) is 0 Å². The van der Waals surface area contributed by atoms with Gasteiger partial charge in [-0.2, -0.15) is 10.2 Å². The normalized spacial score (nSPS) is 19.6. The van der Waals surface area contributed by atoms with E-state index in [9.17, 15) is 9.50 Å². The molecule has 0 aliphatic carbocycles. The Morgan fingerprint density at radius 3 is 2.68 bits per heavy atom. The first-order valence-electron chi connectivity index (χ1n) is 10.1. The molecule has 4 rings (SSSR count). The summed E-state index contributed by atoms with van der Waals surface area (Å²) >= 11 is 0. The first kappa shape index (κ1) is 21.5. The average molecular weight is 444 g/mol. The van der Waals surface area contributed by atoms with Gasteiger partial charge in [-0.3, -0.25) is 14.7 Å². The molecule has 0 fully saturated rings. The number of aliphatic imine (C=N–C) groups is 2. The monoisotopic (exact) mass is 443 g/mol. The van der Waals surface area contributed by atoms with Crippen molar-refractivity contribution in [1.82, 2.24) is 24.4 Å². The average Bonchev–Trinajstić information content (AvgIpc) is 3.45. The molecular formula is C20H26FN7O2Si. The third-order valence-electron chi connectivity index (χ3n) is 5.38. The number of fused-ring (bicyclic) bond motifs is 1. The lowest BCUT2D eigenvalue weighted by atomic mass is 10.2. The molecule has 0 saturated heterocycles. The first-order valence-corrected chi connectivity index (χ1v) is 13.6. The molecule has 0 amide bonds. The SMILES string of the molecule is CC(OC(F)C1N=CC(C(O)c2cnc3ccc(-c4cnn(C)c4)nn23)=N1)[Si](C)(C)C. The predicted octanol–water partition coefficient (Wildman–Crippen LogP) is 2.59. The third kappa shape index (κ3) is 4.34. The van der Waals surface area contributed by atoms with Crippen LogP contribution in [0.1, 0.15) is 18.7 Å². The van der Waals surface area contributed by atoms with Gasteiger partial charge in [0, 0.05) is 30.7 Å². The maximum Gasteiger partial charge on any atom is 0.241 e. The summed E-state index contributed by atoms with van der Waals surface area (Å²) in [7, 11) is 0.171. The number of hydrogen-bond acceptors (Lipinski definition) is 7. The fraction of sp³-hybridized carbons (Fsp3) is 0.450. The predicted molar refractivity (Wildman–Crippen MR) is 119 cm³/mol. The minimum absolute atomic E-state index is 0.184. The molecule has 31 heavy (non-hydrogen) atoms. The van der Waals surface area contributed by atoms with Crippen molar-refractivity contribution in [1.29, 1.82) is 0 Å². The molecule has 3 aromatic rings. The van der Waals surface area contributed by atoms with Gasteiger partial charge in [-0.25, -0.2) is 13.9 Å². The van der Waals surface area contributed by atoms with Gasteiger partial charge < -0.3 is 9.84 Å². The van der Waals surface area contributed by atoms with E-state index in [1.807, 2.05) is 32.3 Å². The zero-order valence-corrected chi connectivity index (χ0v) is 19.1. The number of rotatable bonds is 7. The van der Waals surface area contributed by atoms with Crippen LogP contribution >= 0.6 is 0 Å². The number of aromatic nitrogens is 5. The molecule has 0 aromatic carbocycles. The van der Waals surface area contributed by atoms with Crippen molar-refractivity contribution < 1.29 is 14.2 Å². The number of imidazole rings is 1. The van der Waals surface area contributed by atoms with E-state index in [1.54, 1.807) is 15.4 Å². The van der Waals surface area contributed by atoms with Crippen LogP contribution in [0.2, 0.25) is 19.6 Å². The molecule has 9 nitrogen and oxygen atoms in total. The van der Waals surface area contributed by atoms with E-state index in [4.69, 9.17) is 4.74 Å². The molecule has 164 valence electrons. The van der Waals surface area contributed by atoms with Crippen molar-refractivity contribution in [3.05, 3.63) is 36.4 Å². The van der Waals surface area contributed by atoms with Gasteiger partial charge in [0.25, 0.3) is 0 Å². The summed E-state index contributed by atoms with van der Waals surface area (Å²) in [5.74, 6) is 0. The Labute approximate surface area is 180 Å². The highest BCUT2D eigenvalue weighted by molar-refractivity contribution is 6.77. The Morgan fingerprint density at radius 1 is 1.23 bits per heavy atom. The van der Waals surface area contributed by atoms with Gasteiger partial charge in [-0.15, -0.1) is 0 Å². The van der Waals surface area contributed by atoms with Gasteiger partial charge in [0.15, 0.2) is 11.8 Å². The van der Waals surface area contributed by atoms with Crippen LogP contribution in [0, 0.1) is 0 Å². The molecule has 0 spiro atoms. The van der Waals surface area contributed by atoms with Crippen LogP contribution in [-0.2, 0) is 11.8 Å². The van der Waals surface area contributed by atoms with Gasteiger partial charge >= 0.3 is 0 Å². The highest BCUT2D eigenvalue weighted by Gasteiger charge is 2.33. The smallest absolute Gasteiger partial charge is 0.241 e. The van der Waals surface area contributed by atoms with E-state index in [-0.39, 0.29) is 11.4 Å². The zero-order chi connectivity index (χ0) is 22.3. The molecule has 4 heterocycles. The maximum absolute atomic E-state index is 14.6. The molecule has 1 N–H and O–H groups in total. The van der Waals surface area contributed by atoms with Crippen molar-refractivity contribution in [2.75, 3.05) is 0 Å². The minimum Gasteiger partial charge on any atom is -0.380 e. The van der Waals surface area contributed by atoms with Gasteiger partial charge in [-0.1, -0.05) is 19.6 Å². The van der Waals surface area contributed by atoms with E-state index < -0.39 is 26.7 Å². The summed E-state index contributed by atoms with van der Waals surface area (Å²) in [5, 5.41) is 19.6. The Hall–Kier alpha value is -2.76. The van der Waals surface area contributed by atoms with Crippen molar-refractivity contribution in [2.45, 2.75) is 50.9 Å². The van der Waals surface area contributed by atoms with Gasteiger partial charge in [0.05, 0.1) is 37.6 Å². The second-order valence-corrected chi connectivity index (χ2v) is 14.3. The van der Waals surface area contributed by atoms with Crippen molar-refractivity contribution in [2.24, 2.45) is 17.0 Å². The quantitative estimate of drug-likeness (QED) is 0.566. The van der Waals surface area contributed by atoms with E-state index in [2.05, 4.69) is 44.8 Å². The molecule has 1 aliphatic rings. The first-order chi connectivity index (χ1) is 14.6. The minimum atomic E-state index is -1.67. The Balaban J connectivity index is 1.56. The van der Waals surface area contributed by atoms with Crippen LogP contribution < -0.4 is 0 Å².